The van der Waals surface area contributed by atoms with Crippen molar-refractivity contribution in [3.8, 4) is 23.0 Å². The smallest absolute Gasteiger partial charge is 0.258 e. The molecular weight excluding hydrogens is 665 g/mol. The van der Waals surface area contributed by atoms with Crippen LogP contribution in [0.15, 0.2) is 91.7 Å². The highest BCUT2D eigenvalue weighted by atomic mass is 16.5. The molecule has 3 aromatic carbocycles. The molecule has 5 rings (SSSR count). The first kappa shape index (κ1) is 40.5. The van der Waals surface area contributed by atoms with Crippen LogP contribution in [0.2, 0.25) is 0 Å². The molecule has 0 saturated heterocycles. The summed E-state index contributed by atoms with van der Waals surface area (Å²) in [5.41, 5.74) is 13.0. The summed E-state index contributed by atoms with van der Waals surface area (Å²) in [6, 6.07) is 14.5. The zero-order chi connectivity index (χ0) is 38.7. The summed E-state index contributed by atoms with van der Waals surface area (Å²) >= 11 is 0. The predicted octanol–water partition coefficient (Wildman–Crippen LogP) is 9.95. The van der Waals surface area contributed by atoms with Gasteiger partial charge in [0.2, 0.25) is 0 Å². The summed E-state index contributed by atoms with van der Waals surface area (Å²) in [6.45, 7) is 18.2. The quantitative estimate of drug-likeness (QED) is 0.0681. The SMILES string of the molecule is C=CC(C)C/C(=C\C)C1CC1.C=CC1CC(c2ccc(N)cc2)=CN1C(=O)c1cc(OC)c(OCCCOc2cc(C)c(C(C)=O)cc2OC)cc1C. The van der Waals surface area contributed by atoms with E-state index in [1.54, 1.807) is 42.9 Å². The number of ketones is 1. The number of Topliss-reactive ketones (excluding diaryl/α,β-unsaturated/α-hetero) is 1. The van der Waals surface area contributed by atoms with Gasteiger partial charge in [-0.05, 0) is 124 Å². The number of ether oxygens (including phenoxy) is 4. The molecule has 282 valence electrons. The fourth-order valence-corrected chi connectivity index (χ4v) is 6.40. The summed E-state index contributed by atoms with van der Waals surface area (Å²) in [6.07, 6.45) is 13.3. The van der Waals surface area contributed by atoms with Gasteiger partial charge in [0.25, 0.3) is 5.91 Å². The number of carbonyl (C=O) groups is 2. The van der Waals surface area contributed by atoms with Gasteiger partial charge in [0, 0.05) is 29.4 Å². The van der Waals surface area contributed by atoms with Crippen LogP contribution in [0, 0.1) is 25.7 Å². The van der Waals surface area contributed by atoms with Crippen molar-refractivity contribution < 1.29 is 28.5 Å². The van der Waals surface area contributed by atoms with E-state index < -0.39 is 0 Å². The van der Waals surface area contributed by atoms with E-state index >= 15 is 0 Å². The molecule has 2 aliphatic rings. The standard InChI is InChI=1S/C34H38N2O6.C11H18/c1-7-27-17-25(24-9-11-26(35)12-10-24)20-36(27)34(38)29-19-31(40-6)33(16-22(29)3)42-14-8-13-41-32-15-21(2)28(23(4)37)18-30(32)39-5;1-4-9(3)8-10(5-2)11-6-7-11/h7,9-12,15-16,18-20,27H,1,8,13-14,17,35H2,2-6H3;4-5,9,11H,1,6-8H2,2-3H3/b;10-5+. The van der Waals surface area contributed by atoms with Crippen LogP contribution in [0.25, 0.3) is 5.57 Å². The molecule has 53 heavy (non-hydrogen) atoms. The Labute approximate surface area is 316 Å². The fraction of sp³-hybridized carbons (Fsp3) is 0.378. The molecule has 0 aromatic heterocycles. The van der Waals surface area contributed by atoms with Gasteiger partial charge in [-0.1, -0.05) is 42.9 Å². The van der Waals surface area contributed by atoms with Crippen molar-refractivity contribution in [3.05, 3.63) is 120 Å². The molecule has 1 saturated carbocycles. The number of amides is 1. The van der Waals surface area contributed by atoms with Crippen LogP contribution in [0.4, 0.5) is 5.69 Å². The summed E-state index contributed by atoms with van der Waals surface area (Å²) in [5, 5.41) is 0. The first-order chi connectivity index (χ1) is 25.4. The Morgan fingerprint density at radius 1 is 0.906 bits per heavy atom. The van der Waals surface area contributed by atoms with E-state index in [2.05, 4.69) is 33.1 Å². The Hall–Kier alpha value is -5.24. The van der Waals surface area contributed by atoms with E-state index in [0.29, 0.717) is 71.8 Å². The molecule has 8 nitrogen and oxygen atoms in total. The van der Waals surface area contributed by atoms with Gasteiger partial charge in [0.05, 0.1) is 33.5 Å². The topological polar surface area (TPSA) is 100 Å². The molecular formula is C45H56N2O6. The van der Waals surface area contributed by atoms with Crippen LogP contribution >= 0.6 is 0 Å². The first-order valence-electron chi connectivity index (χ1n) is 18.4. The Morgan fingerprint density at radius 3 is 1.96 bits per heavy atom. The number of methoxy groups -OCH3 is 2. The highest BCUT2D eigenvalue weighted by Crippen LogP contribution is 2.39. The van der Waals surface area contributed by atoms with Gasteiger partial charge in [0.1, 0.15) is 0 Å². The maximum Gasteiger partial charge on any atom is 0.258 e. The molecule has 3 aromatic rings. The summed E-state index contributed by atoms with van der Waals surface area (Å²) in [4.78, 5) is 27.2. The minimum Gasteiger partial charge on any atom is -0.493 e. The van der Waals surface area contributed by atoms with Gasteiger partial charge >= 0.3 is 0 Å². The van der Waals surface area contributed by atoms with E-state index in [-0.39, 0.29) is 17.7 Å². The Balaban J connectivity index is 0.000000488. The zero-order valence-electron chi connectivity index (χ0n) is 32.5. The van der Waals surface area contributed by atoms with Crippen molar-refractivity contribution in [3.63, 3.8) is 0 Å². The number of benzene rings is 3. The lowest BCUT2D eigenvalue weighted by Crippen LogP contribution is -2.31. The molecule has 1 amide bonds. The normalized spacial score (nSPS) is 15.8. The molecule has 2 atom stereocenters. The Kier molecular flexibility index (Phi) is 14.5. The van der Waals surface area contributed by atoms with Gasteiger partial charge in [0.15, 0.2) is 28.8 Å². The van der Waals surface area contributed by atoms with Gasteiger partial charge in [-0.15, -0.1) is 13.2 Å². The van der Waals surface area contributed by atoms with E-state index in [4.69, 9.17) is 24.7 Å². The number of nitrogen functional groups attached to an aromatic ring is 1. The van der Waals surface area contributed by atoms with Crippen molar-refractivity contribution in [1.29, 1.82) is 0 Å². The lowest BCUT2D eigenvalue weighted by molar-refractivity contribution is 0.0805. The summed E-state index contributed by atoms with van der Waals surface area (Å²) in [7, 11) is 3.10. The van der Waals surface area contributed by atoms with Crippen molar-refractivity contribution in [2.75, 3.05) is 33.2 Å². The average molecular weight is 721 g/mol. The molecule has 1 aliphatic carbocycles. The highest BCUT2D eigenvalue weighted by molar-refractivity contribution is 5.99. The third kappa shape index (κ3) is 10.7. The number of anilines is 1. The minimum absolute atomic E-state index is 0.0250. The molecule has 0 spiro atoms. The van der Waals surface area contributed by atoms with Crippen LogP contribution in [0.5, 0.6) is 23.0 Å². The lowest BCUT2D eigenvalue weighted by Gasteiger charge is -2.22. The Morgan fingerprint density at radius 2 is 1.47 bits per heavy atom. The lowest BCUT2D eigenvalue weighted by atomic mass is 9.98. The van der Waals surface area contributed by atoms with Crippen molar-refractivity contribution in [2.24, 2.45) is 11.8 Å². The predicted molar refractivity (Wildman–Crippen MR) is 215 cm³/mol. The van der Waals surface area contributed by atoms with Crippen LogP contribution < -0.4 is 24.7 Å². The molecule has 2 unspecified atom stereocenters. The maximum absolute atomic E-state index is 13.7. The van der Waals surface area contributed by atoms with Crippen molar-refractivity contribution in [2.45, 2.75) is 72.8 Å². The molecule has 0 bridgehead atoms. The number of hydrogen-bond donors (Lipinski definition) is 1. The number of carbonyl (C=O) groups excluding carboxylic acids is 2. The second-order valence-electron chi connectivity index (χ2n) is 13.8. The van der Waals surface area contributed by atoms with Crippen LogP contribution in [-0.2, 0) is 0 Å². The third-order valence-corrected chi connectivity index (χ3v) is 9.74. The molecule has 1 aliphatic heterocycles. The highest BCUT2D eigenvalue weighted by Gasteiger charge is 2.30. The monoisotopic (exact) mass is 720 g/mol. The third-order valence-electron chi connectivity index (χ3n) is 9.74. The second-order valence-corrected chi connectivity index (χ2v) is 13.8. The van der Waals surface area contributed by atoms with E-state index in [1.807, 2.05) is 62.5 Å². The number of rotatable bonds is 16. The molecule has 1 fully saturated rings. The molecule has 8 heteroatoms. The maximum atomic E-state index is 13.7. The number of nitrogens with two attached hydrogens (primary N) is 1. The second kappa shape index (κ2) is 19.0. The van der Waals surface area contributed by atoms with Crippen molar-refractivity contribution in [1.82, 2.24) is 4.90 Å². The summed E-state index contributed by atoms with van der Waals surface area (Å²) in [5.74, 6) is 3.53. The zero-order valence-corrected chi connectivity index (χ0v) is 32.5. The van der Waals surface area contributed by atoms with Crippen molar-refractivity contribution >= 4 is 23.0 Å². The number of aryl methyl sites for hydroxylation is 2. The van der Waals surface area contributed by atoms with Crippen LogP contribution in [0.3, 0.4) is 0 Å². The average Bonchev–Trinajstić information content (AvgIpc) is 3.91. The molecule has 2 N–H and O–H groups in total. The van der Waals surface area contributed by atoms with Gasteiger partial charge < -0.3 is 29.6 Å². The number of nitrogens with zero attached hydrogens (tertiary/aromatic N) is 1. The Bertz CT molecular complexity index is 1840. The number of hydrogen-bond acceptors (Lipinski definition) is 7. The molecule has 1 heterocycles. The van der Waals surface area contributed by atoms with Crippen LogP contribution in [0.1, 0.15) is 90.3 Å². The van der Waals surface area contributed by atoms with Gasteiger partial charge in [-0.2, -0.15) is 0 Å². The molecule has 0 radical (unpaired) electrons. The van der Waals surface area contributed by atoms with Crippen LogP contribution in [-0.4, -0.2) is 50.1 Å². The summed E-state index contributed by atoms with van der Waals surface area (Å²) < 4.78 is 22.9. The van der Waals surface area contributed by atoms with E-state index in [9.17, 15) is 9.59 Å². The van der Waals surface area contributed by atoms with Gasteiger partial charge in [-0.3, -0.25) is 9.59 Å². The van der Waals surface area contributed by atoms with E-state index in [1.165, 1.54) is 26.2 Å². The minimum atomic E-state index is -0.160. The van der Waals surface area contributed by atoms with E-state index in [0.717, 1.165) is 28.2 Å². The fourth-order valence-electron chi connectivity index (χ4n) is 6.40. The number of allylic oxidation sites excluding steroid dienone is 3. The first-order valence-corrected chi connectivity index (χ1v) is 18.4. The van der Waals surface area contributed by atoms with Gasteiger partial charge in [-0.25, -0.2) is 0 Å². The largest absolute Gasteiger partial charge is 0.493 e.